The molecule has 2 unspecified atom stereocenters. The normalized spacial score (nSPS) is 20.1. The summed E-state index contributed by atoms with van der Waals surface area (Å²) in [5, 5.41) is 9.33. The van der Waals surface area contributed by atoms with E-state index in [0.29, 0.717) is 45.4 Å². The molecule has 0 saturated carbocycles. The number of carbonyl (C=O) groups excluding carboxylic acids is 2. The third-order valence-electron chi connectivity index (χ3n) is 6.85. The second-order valence-electron chi connectivity index (χ2n) is 9.10. The smallest absolute Gasteiger partial charge is 0.327 e. The van der Waals surface area contributed by atoms with Crippen LogP contribution in [0.3, 0.4) is 0 Å². The Morgan fingerprint density at radius 1 is 0.816 bits per heavy atom. The molecular formula is C30H42N2O6. The number of nitrogens with two attached hydrogens (primary N) is 1. The molecule has 2 aromatic carbocycles. The largest absolute Gasteiger partial charge is 0.497 e. The summed E-state index contributed by atoms with van der Waals surface area (Å²) in [7, 11) is 3.23. The summed E-state index contributed by atoms with van der Waals surface area (Å²) in [6.07, 6.45) is 2.10. The quantitative estimate of drug-likeness (QED) is 0.526. The Kier molecular flexibility index (Phi) is 11.8. The summed E-state index contributed by atoms with van der Waals surface area (Å²) in [5.41, 5.74) is 8.46. The van der Waals surface area contributed by atoms with E-state index in [1.807, 2.05) is 43.3 Å². The van der Waals surface area contributed by atoms with Crippen LogP contribution < -0.4 is 15.2 Å². The van der Waals surface area contributed by atoms with Gasteiger partial charge in [0, 0.05) is 19.4 Å². The highest BCUT2D eigenvalue weighted by Gasteiger charge is 2.46. The molecule has 0 saturated heterocycles. The summed E-state index contributed by atoms with van der Waals surface area (Å²) >= 11 is 0. The molecule has 2 aromatic rings. The van der Waals surface area contributed by atoms with E-state index < -0.39 is 16.8 Å². The average molecular weight is 527 g/mol. The summed E-state index contributed by atoms with van der Waals surface area (Å²) in [4.78, 5) is 24.0. The van der Waals surface area contributed by atoms with Crippen LogP contribution in [-0.2, 0) is 44.7 Å². The third kappa shape index (κ3) is 6.46. The van der Waals surface area contributed by atoms with Crippen molar-refractivity contribution in [1.82, 2.24) is 0 Å². The number of hydrogen-bond acceptors (Lipinski definition) is 8. The first-order valence-electron chi connectivity index (χ1n) is 12.1. The predicted octanol–water partition coefficient (Wildman–Crippen LogP) is 4.44. The molecule has 8 nitrogen and oxygen atoms in total. The molecule has 0 radical (unpaired) electrons. The maximum absolute atomic E-state index is 12.1. The van der Waals surface area contributed by atoms with Gasteiger partial charge in [-0.1, -0.05) is 27.0 Å². The van der Waals surface area contributed by atoms with Gasteiger partial charge in [-0.3, -0.25) is 9.59 Å². The fourth-order valence-corrected chi connectivity index (χ4v) is 4.83. The summed E-state index contributed by atoms with van der Waals surface area (Å²) in [6.45, 7) is 4.55. The van der Waals surface area contributed by atoms with Crippen LogP contribution in [-0.4, -0.2) is 45.9 Å². The lowest BCUT2D eigenvalue weighted by Crippen LogP contribution is -2.40. The van der Waals surface area contributed by atoms with Crippen molar-refractivity contribution in [2.45, 2.75) is 54.4 Å². The number of nitriles is 1. The maximum Gasteiger partial charge on any atom is 0.327 e. The number of esters is 2. The first-order chi connectivity index (χ1) is 17.3. The Morgan fingerprint density at radius 2 is 1.26 bits per heavy atom. The maximum atomic E-state index is 12.1. The zero-order valence-electron chi connectivity index (χ0n) is 21.4. The van der Waals surface area contributed by atoms with Crippen LogP contribution >= 0.6 is 0 Å². The van der Waals surface area contributed by atoms with Crippen molar-refractivity contribution < 1.29 is 28.5 Å². The molecular weight excluding hydrogens is 484 g/mol. The number of carbonyl (C=O) groups is 2. The Bertz CT molecular complexity index is 1160. The van der Waals surface area contributed by atoms with Crippen molar-refractivity contribution >= 4 is 11.9 Å². The van der Waals surface area contributed by atoms with Gasteiger partial charge in [-0.15, -0.1) is 0 Å². The molecule has 0 fully saturated rings. The van der Waals surface area contributed by atoms with Gasteiger partial charge in [0.05, 0.1) is 38.9 Å². The molecule has 4 rings (SSSR count). The van der Waals surface area contributed by atoms with E-state index in [-0.39, 0.29) is 20.8 Å². The predicted molar refractivity (Wildman–Crippen MR) is 147 cm³/mol. The van der Waals surface area contributed by atoms with Crippen LogP contribution in [0.1, 0.15) is 51.0 Å². The van der Waals surface area contributed by atoms with Crippen molar-refractivity contribution in [3.05, 3.63) is 58.7 Å². The Balaban J connectivity index is 0.000000361. The second kappa shape index (κ2) is 13.8. The number of fused-ring (bicyclic) bond motifs is 2. The highest BCUT2D eigenvalue weighted by atomic mass is 16.5. The standard InChI is InChI=1S/C14H19NO3.C14H15NO3.2CH4/c2*1-3-18-13(16)14(9-15)7-10-4-5-12(17-2)6-11(10)8-14;;/h4-6H,3,7-9,15H2,1-2H3;4-6H,3,7-8H2,1-2H3;2*1H4. The first-order valence-corrected chi connectivity index (χ1v) is 12.1. The van der Waals surface area contributed by atoms with Crippen LogP contribution in [0.4, 0.5) is 0 Å². The van der Waals surface area contributed by atoms with Crippen LogP contribution in [0, 0.1) is 22.2 Å². The fraction of sp³-hybridized carbons (Fsp3) is 0.500. The van der Waals surface area contributed by atoms with E-state index in [2.05, 4.69) is 6.07 Å². The van der Waals surface area contributed by atoms with E-state index in [1.54, 1.807) is 21.1 Å². The van der Waals surface area contributed by atoms with Gasteiger partial charge in [0.15, 0.2) is 5.41 Å². The zero-order valence-corrected chi connectivity index (χ0v) is 21.4. The number of nitrogens with zero attached hydrogens (tertiary/aromatic N) is 1. The molecule has 8 heteroatoms. The van der Waals surface area contributed by atoms with Gasteiger partial charge in [-0.05, 0) is 73.2 Å². The zero-order chi connectivity index (χ0) is 26.3. The van der Waals surface area contributed by atoms with Gasteiger partial charge in [-0.25, -0.2) is 0 Å². The molecule has 208 valence electrons. The van der Waals surface area contributed by atoms with E-state index in [4.69, 9.17) is 24.7 Å². The Labute approximate surface area is 227 Å². The Hall–Kier alpha value is -3.57. The number of rotatable bonds is 7. The average Bonchev–Trinajstić information content (AvgIpc) is 3.48. The lowest BCUT2D eigenvalue weighted by atomic mass is 9.85. The lowest BCUT2D eigenvalue weighted by molar-refractivity contribution is -0.154. The van der Waals surface area contributed by atoms with Crippen LogP contribution in [0.2, 0.25) is 0 Å². The molecule has 2 N–H and O–H groups in total. The van der Waals surface area contributed by atoms with Crippen molar-refractivity contribution in [1.29, 1.82) is 5.26 Å². The van der Waals surface area contributed by atoms with Crippen molar-refractivity contribution in [2.24, 2.45) is 16.6 Å². The van der Waals surface area contributed by atoms with E-state index in [0.717, 1.165) is 33.8 Å². The summed E-state index contributed by atoms with van der Waals surface area (Å²) in [5.74, 6) is 0.933. The molecule has 2 aliphatic rings. The van der Waals surface area contributed by atoms with Crippen LogP contribution in [0.5, 0.6) is 11.5 Å². The van der Waals surface area contributed by atoms with Crippen LogP contribution in [0.25, 0.3) is 0 Å². The SMILES string of the molecule is C.C.CCOC(=O)C1(C#N)Cc2ccc(OC)cc2C1.CCOC(=O)C1(CN)Cc2ccc(OC)cc2C1. The number of benzene rings is 2. The van der Waals surface area contributed by atoms with Crippen molar-refractivity contribution in [3.8, 4) is 17.6 Å². The minimum absolute atomic E-state index is 0. The van der Waals surface area contributed by atoms with Gasteiger partial charge in [0.1, 0.15) is 11.5 Å². The second-order valence-corrected chi connectivity index (χ2v) is 9.10. The molecule has 0 heterocycles. The molecule has 0 aromatic heterocycles. The van der Waals surface area contributed by atoms with Gasteiger partial charge in [-0.2, -0.15) is 5.26 Å². The molecule has 0 aliphatic heterocycles. The highest BCUT2D eigenvalue weighted by molar-refractivity contribution is 5.82. The number of methoxy groups -OCH3 is 2. The van der Waals surface area contributed by atoms with Gasteiger partial charge >= 0.3 is 11.9 Å². The summed E-state index contributed by atoms with van der Waals surface area (Å²) < 4.78 is 20.5. The number of hydrogen-bond donors (Lipinski definition) is 1. The Morgan fingerprint density at radius 3 is 1.74 bits per heavy atom. The molecule has 0 amide bonds. The van der Waals surface area contributed by atoms with E-state index in [9.17, 15) is 14.9 Å². The highest BCUT2D eigenvalue weighted by Crippen LogP contribution is 2.40. The van der Waals surface area contributed by atoms with E-state index in [1.165, 1.54) is 0 Å². The van der Waals surface area contributed by atoms with Crippen LogP contribution in [0.15, 0.2) is 36.4 Å². The molecule has 2 atom stereocenters. The van der Waals surface area contributed by atoms with Gasteiger partial charge < -0.3 is 24.7 Å². The fourth-order valence-electron chi connectivity index (χ4n) is 4.83. The van der Waals surface area contributed by atoms with Gasteiger partial charge in [0.2, 0.25) is 0 Å². The molecule has 0 bridgehead atoms. The topological polar surface area (TPSA) is 121 Å². The van der Waals surface area contributed by atoms with Crippen molar-refractivity contribution in [2.75, 3.05) is 34.0 Å². The van der Waals surface area contributed by atoms with Gasteiger partial charge in [0.25, 0.3) is 0 Å². The van der Waals surface area contributed by atoms with E-state index >= 15 is 0 Å². The lowest BCUT2D eigenvalue weighted by Gasteiger charge is -2.24. The first kappa shape index (κ1) is 32.5. The van der Waals surface area contributed by atoms with Crippen molar-refractivity contribution in [3.63, 3.8) is 0 Å². The minimum atomic E-state index is -1.06. The molecule has 0 spiro atoms. The molecule has 2 aliphatic carbocycles. The minimum Gasteiger partial charge on any atom is -0.497 e. The third-order valence-corrected chi connectivity index (χ3v) is 6.85. The summed E-state index contributed by atoms with van der Waals surface area (Å²) in [6, 6.07) is 13.7. The molecule has 38 heavy (non-hydrogen) atoms. The number of ether oxygens (including phenoxy) is 4. The monoisotopic (exact) mass is 526 g/mol.